The van der Waals surface area contributed by atoms with Crippen LogP contribution in [0.2, 0.25) is 0 Å². The Balaban J connectivity index is 0.00000300. The fourth-order valence-corrected chi connectivity index (χ4v) is 2.97. The van der Waals surface area contributed by atoms with Crippen LogP contribution >= 0.6 is 12.4 Å². The molecule has 0 spiro atoms. The average molecular weight is 415 g/mol. The number of benzene rings is 1. The highest BCUT2D eigenvalue weighted by Gasteiger charge is 2.22. The molecule has 1 atom stereocenters. The van der Waals surface area contributed by atoms with Gasteiger partial charge in [0.05, 0.1) is 11.4 Å². The van der Waals surface area contributed by atoms with Crippen LogP contribution in [0.1, 0.15) is 23.0 Å². The van der Waals surface area contributed by atoms with Crippen molar-refractivity contribution >= 4 is 36.4 Å². The van der Waals surface area contributed by atoms with E-state index in [1.54, 1.807) is 24.3 Å². The van der Waals surface area contributed by atoms with E-state index in [1.165, 1.54) is 23.7 Å². The zero-order valence-electron chi connectivity index (χ0n) is 15.7. The highest BCUT2D eigenvalue weighted by Crippen LogP contribution is 2.17. The van der Waals surface area contributed by atoms with E-state index in [9.17, 15) is 9.59 Å². The predicted molar refractivity (Wildman–Crippen MR) is 113 cm³/mol. The number of amides is 2. The Labute approximate surface area is 175 Å². The van der Waals surface area contributed by atoms with E-state index < -0.39 is 5.91 Å². The highest BCUT2D eigenvalue weighted by atomic mass is 35.5. The van der Waals surface area contributed by atoms with Gasteiger partial charge in [0.15, 0.2) is 0 Å². The molecule has 1 aromatic heterocycles. The number of hydrogen-bond donors (Lipinski definition) is 3. The number of carbonyl (C=O) groups excluding carboxylic acids is 2. The fraction of sp³-hybridized carbons (Fsp3) is 0.190. The van der Waals surface area contributed by atoms with Gasteiger partial charge in [-0.2, -0.15) is 0 Å². The van der Waals surface area contributed by atoms with Crippen LogP contribution in [0.15, 0.2) is 60.7 Å². The number of pyridine rings is 1. The van der Waals surface area contributed by atoms with E-state index in [-0.39, 0.29) is 24.4 Å². The molecule has 1 fully saturated rings. The van der Waals surface area contributed by atoms with Gasteiger partial charge in [-0.25, -0.2) is 10.5 Å². The predicted octanol–water partition coefficient (Wildman–Crippen LogP) is 2.21. The van der Waals surface area contributed by atoms with E-state index in [0.717, 1.165) is 12.1 Å². The Kier molecular flexibility index (Phi) is 8.54. The Bertz CT molecular complexity index is 887. The summed E-state index contributed by atoms with van der Waals surface area (Å²) in [5.41, 5.74) is 3.83. The number of nitrogens with one attached hydrogen (secondary N) is 2. The summed E-state index contributed by atoms with van der Waals surface area (Å²) < 4.78 is 0. The highest BCUT2D eigenvalue weighted by molar-refractivity contribution is 5.92. The van der Waals surface area contributed by atoms with Gasteiger partial charge in [0, 0.05) is 37.8 Å². The summed E-state index contributed by atoms with van der Waals surface area (Å²) in [5, 5.41) is 11.9. The Hall–Kier alpha value is -3.00. The van der Waals surface area contributed by atoms with Crippen LogP contribution in [0.5, 0.6) is 0 Å². The molecule has 0 saturated carbocycles. The molecule has 3 rings (SSSR count). The third kappa shape index (κ3) is 6.53. The monoisotopic (exact) mass is 414 g/mol. The maximum absolute atomic E-state index is 12.6. The quantitative estimate of drug-likeness (QED) is 0.396. The van der Waals surface area contributed by atoms with E-state index in [0.29, 0.717) is 24.5 Å². The lowest BCUT2D eigenvalue weighted by molar-refractivity contribution is -0.127. The van der Waals surface area contributed by atoms with Crippen molar-refractivity contribution in [2.75, 3.05) is 19.6 Å². The summed E-state index contributed by atoms with van der Waals surface area (Å²) in [6, 6.07) is 15.5. The van der Waals surface area contributed by atoms with Crippen LogP contribution in [0.4, 0.5) is 0 Å². The number of hydroxylamine groups is 1. The van der Waals surface area contributed by atoms with Crippen LogP contribution in [-0.2, 0) is 9.59 Å². The van der Waals surface area contributed by atoms with Crippen LogP contribution in [0.25, 0.3) is 12.2 Å². The molecule has 1 aliphatic rings. The summed E-state index contributed by atoms with van der Waals surface area (Å²) in [7, 11) is 0. The van der Waals surface area contributed by atoms with Crippen LogP contribution < -0.4 is 10.8 Å². The molecule has 0 radical (unpaired) electrons. The van der Waals surface area contributed by atoms with E-state index in [2.05, 4.69) is 22.4 Å². The third-order valence-electron chi connectivity index (χ3n) is 4.39. The van der Waals surface area contributed by atoms with Crippen molar-refractivity contribution in [3.8, 4) is 0 Å². The van der Waals surface area contributed by atoms with Crippen molar-refractivity contribution in [3.05, 3.63) is 77.6 Å². The average Bonchev–Trinajstić information content (AvgIpc) is 2.76. The van der Waals surface area contributed by atoms with E-state index in [4.69, 9.17) is 5.21 Å². The summed E-state index contributed by atoms with van der Waals surface area (Å²) in [6.45, 7) is 2.00. The molecule has 1 aliphatic heterocycles. The number of halogens is 1. The Morgan fingerprint density at radius 2 is 1.76 bits per heavy atom. The molecule has 29 heavy (non-hydrogen) atoms. The number of aromatic nitrogens is 1. The molecule has 7 nitrogen and oxygen atoms in total. The first-order chi connectivity index (χ1) is 13.7. The molecule has 2 heterocycles. The van der Waals surface area contributed by atoms with E-state index >= 15 is 0 Å². The van der Waals surface area contributed by atoms with Gasteiger partial charge >= 0.3 is 0 Å². The minimum atomic E-state index is -0.635. The second kappa shape index (κ2) is 11.1. The molecule has 1 saturated heterocycles. The smallest absolute Gasteiger partial charge is 0.267 e. The van der Waals surface area contributed by atoms with Gasteiger partial charge in [0.2, 0.25) is 5.91 Å². The molecular formula is C21H23ClN4O3. The molecule has 0 aliphatic carbocycles. The molecule has 1 aromatic carbocycles. The van der Waals surface area contributed by atoms with E-state index in [1.807, 2.05) is 23.1 Å². The van der Waals surface area contributed by atoms with Gasteiger partial charge in [-0.1, -0.05) is 36.4 Å². The Morgan fingerprint density at radius 1 is 1.07 bits per heavy atom. The third-order valence-corrected chi connectivity index (χ3v) is 4.39. The topological polar surface area (TPSA) is 94.6 Å². The van der Waals surface area contributed by atoms with Crippen molar-refractivity contribution in [1.29, 1.82) is 0 Å². The van der Waals surface area contributed by atoms with Crippen molar-refractivity contribution in [2.24, 2.45) is 0 Å². The van der Waals surface area contributed by atoms with Gasteiger partial charge < -0.3 is 10.2 Å². The van der Waals surface area contributed by atoms with Crippen LogP contribution in [-0.4, -0.2) is 46.5 Å². The molecule has 3 N–H and O–H groups in total. The minimum Gasteiger partial charge on any atom is -0.336 e. The van der Waals surface area contributed by atoms with Crippen LogP contribution in [0.3, 0.4) is 0 Å². The minimum absolute atomic E-state index is 0. The fourth-order valence-electron chi connectivity index (χ4n) is 2.97. The largest absolute Gasteiger partial charge is 0.336 e. The number of carbonyl (C=O) groups is 2. The molecule has 8 heteroatoms. The van der Waals surface area contributed by atoms with Gasteiger partial charge in [0.25, 0.3) is 5.91 Å². The number of piperazine rings is 1. The van der Waals surface area contributed by atoms with Crippen molar-refractivity contribution in [3.63, 3.8) is 0 Å². The SMILES string of the molecule is Cl.O=C(C=Cc1cccc(C=CC(=O)N2CCNC(c3ccccc3)C2)n1)NO. The Morgan fingerprint density at radius 3 is 2.45 bits per heavy atom. The molecule has 2 amide bonds. The van der Waals surface area contributed by atoms with Gasteiger partial charge in [-0.15, -0.1) is 12.4 Å². The number of nitrogens with zero attached hydrogens (tertiary/aromatic N) is 2. The van der Waals surface area contributed by atoms with Gasteiger partial charge in [-0.05, 0) is 29.8 Å². The summed E-state index contributed by atoms with van der Waals surface area (Å²) >= 11 is 0. The lowest BCUT2D eigenvalue weighted by atomic mass is 10.0. The summed E-state index contributed by atoms with van der Waals surface area (Å²) in [5.74, 6) is -0.700. The first-order valence-electron chi connectivity index (χ1n) is 9.00. The summed E-state index contributed by atoms with van der Waals surface area (Å²) in [6.07, 6.45) is 5.83. The molecule has 0 bridgehead atoms. The maximum atomic E-state index is 12.6. The normalized spacial score (nSPS) is 16.6. The van der Waals surface area contributed by atoms with Crippen molar-refractivity contribution in [2.45, 2.75) is 6.04 Å². The molecule has 2 aromatic rings. The first-order valence-corrected chi connectivity index (χ1v) is 9.00. The summed E-state index contributed by atoms with van der Waals surface area (Å²) in [4.78, 5) is 29.8. The zero-order valence-corrected chi connectivity index (χ0v) is 16.5. The lowest BCUT2D eigenvalue weighted by Crippen LogP contribution is -2.47. The second-order valence-corrected chi connectivity index (χ2v) is 6.33. The zero-order chi connectivity index (χ0) is 19.8. The van der Waals surface area contributed by atoms with Crippen molar-refractivity contribution in [1.82, 2.24) is 20.7 Å². The molecule has 152 valence electrons. The van der Waals surface area contributed by atoms with Crippen LogP contribution in [0, 0.1) is 0 Å². The number of rotatable bonds is 5. The standard InChI is InChI=1S/C21H22N4O3.ClH/c26-20(24-28)11-9-17-7-4-8-18(23-17)10-12-21(27)25-14-13-22-19(15-25)16-5-2-1-3-6-16;/h1-12,19,22,28H,13-15H2,(H,24,26);1H. The molecular weight excluding hydrogens is 392 g/mol. The van der Waals surface area contributed by atoms with Crippen molar-refractivity contribution < 1.29 is 14.8 Å². The molecule has 1 unspecified atom stereocenters. The maximum Gasteiger partial charge on any atom is 0.267 e. The first kappa shape index (κ1) is 22.3. The number of hydrogen-bond acceptors (Lipinski definition) is 5. The van der Waals surface area contributed by atoms with Gasteiger partial charge in [-0.3, -0.25) is 14.8 Å². The lowest BCUT2D eigenvalue weighted by Gasteiger charge is -2.33. The second-order valence-electron chi connectivity index (χ2n) is 6.33. The van der Waals surface area contributed by atoms with Gasteiger partial charge in [0.1, 0.15) is 0 Å².